The number of hydrogen-bond acceptors (Lipinski definition) is 8. The molecule has 7 heterocycles. The average molecular weight is 1190 g/mol. The molecule has 1 aliphatic heterocycles. The van der Waals surface area contributed by atoms with Crippen LogP contribution in [0.3, 0.4) is 0 Å². The van der Waals surface area contributed by atoms with Gasteiger partial charge in [0.05, 0.1) is 15.1 Å². The first-order chi connectivity index (χ1) is 39.4. The van der Waals surface area contributed by atoms with E-state index >= 15 is 4.79 Å². The van der Waals surface area contributed by atoms with Crippen molar-refractivity contribution >= 4 is 110 Å². The molecule has 2 amide bonds. The molecule has 0 fully saturated rings. The molecule has 0 bridgehead atoms. The number of nitrogens with zero attached hydrogens (tertiary/aromatic N) is 1. The van der Waals surface area contributed by atoms with E-state index in [2.05, 4.69) is 166 Å². The SMILES string of the molecule is CCCCC(CC)Cc1ccc(-c2c3cc([C@](C)(CCC)c4ccccc4)sc3c(-c3ccc(CC(CC)CCCC)s3)c3cc(-c4sc(C(C)(CCC)c5ccccc5)c5c6c(sc45)C(=O)N(CC(CC)CCCC)C6=O)sc23)s1. The van der Waals surface area contributed by atoms with E-state index in [1.165, 1.54) is 133 Å². The van der Waals surface area contributed by atoms with Crippen LogP contribution in [0, 0.1) is 17.8 Å². The lowest BCUT2D eigenvalue weighted by Crippen LogP contribution is -2.34. The molecule has 0 saturated heterocycles. The summed E-state index contributed by atoms with van der Waals surface area (Å²) in [5, 5.41) is 3.71. The van der Waals surface area contributed by atoms with Gasteiger partial charge in [-0.1, -0.05) is 213 Å². The van der Waals surface area contributed by atoms with Crippen LogP contribution in [-0.4, -0.2) is 23.3 Å². The van der Waals surface area contributed by atoms with Crippen LogP contribution in [0.15, 0.2) is 97.1 Å². The van der Waals surface area contributed by atoms with Crippen LogP contribution in [0.4, 0.5) is 0 Å². The zero-order valence-electron chi connectivity index (χ0n) is 50.1. The third-order valence-corrected chi connectivity index (χ3v) is 26.1. The van der Waals surface area contributed by atoms with E-state index < -0.39 is 0 Å². The number of rotatable bonds is 29. The maximum atomic E-state index is 15.2. The number of carbonyl (C=O) groups excluding carboxylic acids is 2. The van der Waals surface area contributed by atoms with E-state index in [4.69, 9.17) is 0 Å². The summed E-state index contributed by atoms with van der Waals surface area (Å²) in [6.45, 7) is 23.8. The van der Waals surface area contributed by atoms with Gasteiger partial charge >= 0.3 is 0 Å². The number of hydrogen-bond donors (Lipinski definition) is 0. The van der Waals surface area contributed by atoms with Gasteiger partial charge in [-0.3, -0.25) is 14.5 Å². The van der Waals surface area contributed by atoms with Crippen LogP contribution < -0.4 is 0 Å². The largest absolute Gasteiger partial charge is 0.273 e. The first kappa shape index (κ1) is 59.9. The maximum Gasteiger partial charge on any atom is 0.271 e. The van der Waals surface area contributed by atoms with Crippen LogP contribution in [-0.2, 0) is 23.7 Å². The maximum absolute atomic E-state index is 15.2. The summed E-state index contributed by atoms with van der Waals surface area (Å²) in [5.74, 6) is 1.45. The van der Waals surface area contributed by atoms with Crippen molar-refractivity contribution in [1.29, 1.82) is 0 Å². The van der Waals surface area contributed by atoms with Gasteiger partial charge in [0.2, 0.25) is 0 Å². The zero-order valence-corrected chi connectivity index (χ0v) is 55.0. The van der Waals surface area contributed by atoms with Gasteiger partial charge in [-0.25, -0.2) is 0 Å². The van der Waals surface area contributed by atoms with Crippen molar-refractivity contribution in [3.63, 3.8) is 0 Å². The number of fused-ring (bicyclic) bond motifs is 5. The summed E-state index contributed by atoms with van der Waals surface area (Å²) in [7, 11) is 0. The summed E-state index contributed by atoms with van der Waals surface area (Å²) in [6, 6.07) is 37.3. The third-order valence-electron chi connectivity index (χ3n) is 18.4. The fourth-order valence-corrected chi connectivity index (χ4v) is 21.6. The van der Waals surface area contributed by atoms with Crippen LogP contribution >= 0.6 is 68.0 Å². The van der Waals surface area contributed by atoms with E-state index in [9.17, 15) is 4.79 Å². The predicted molar refractivity (Wildman–Crippen MR) is 361 cm³/mol. The fourth-order valence-electron chi connectivity index (χ4n) is 13.4. The molecule has 0 radical (unpaired) electrons. The summed E-state index contributed by atoms with van der Waals surface area (Å²) in [6.07, 6.45) is 20.5. The number of thiophene rings is 6. The van der Waals surface area contributed by atoms with Gasteiger partial charge in [-0.05, 0) is 97.4 Å². The normalized spacial score (nSPS) is 15.6. The minimum Gasteiger partial charge on any atom is -0.273 e. The minimum atomic E-state index is -0.382. The lowest BCUT2D eigenvalue weighted by molar-refractivity contribution is 0.0626. The molecule has 5 atom stereocenters. The quantitative estimate of drug-likeness (QED) is 0.0438. The van der Waals surface area contributed by atoms with Crippen molar-refractivity contribution in [2.24, 2.45) is 17.8 Å². The fraction of sp³-hybridized carbons (Fsp3) is 0.472. The molecular weight excluding hydrogens is 1100 g/mol. The van der Waals surface area contributed by atoms with E-state index in [1.807, 2.05) is 56.7 Å². The molecule has 0 aliphatic carbocycles. The standard InChI is InChI=1S/C72H87NO2S6/c1-11-19-28-46(16-6)41-51-35-37-55(76-51)59-53-43-57(65-66-61(68(81-65)72(10,40-15-5)50-33-26-23-27-34-50)62-67(80-66)70(75)73(69(62)74)45-48(18-8)30-21-13-3)78-63(53)60(56-38-36-52(77-56)42-47(17-7)29-20-12-2)54-44-58(79-64(54)59)71(9,39-14-4)49-31-24-22-25-32-49/h22-27,31-38,43-44,46-48H,11-21,28-30,39-42,45H2,1-10H3/t46?,47?,48?,71-,72?/m1/s1. The highest BCUT2D eigenvalue weighted by molar-refractivity contribution is 7.32. The Labute approximate surface area is 509 Å². The van der Waals surface area contributed by atoms with Crippen molar-refractivity contribution in [2.45, 2.75) is 196 Å². The number of imide groups is 1. The Bertz CT molecular complexity index is 3470. The van der Waals surface area contributed by atoms with Crippen LogP contribution in [0.5, 0.6) is 0 Å². The first-order valence-corrected chi connectivity index (χ1v) is 36.1. The Morgan fingerprint density at radius 3 is 1.49 bits per heavy atom. The molecule has 6 aromatic heterocycles. The molecule has 1 aliphatic rings. The van der Waals surface area contributed by atoms with Gasteiger partial charge in [-0.2, -0.15) is 0 Å². The average Bonchev–Trinajstić information content (AvgIpc) is 3.30. The monoisotopic (exact) mass is 1190 g/mol. The van der Waals surface area contributed by atoms with Crippen molar-refractivity contribution in [3.8, 4) is 30.6 Å². The number of amides is 2. The van der Waals surface area contributed by atoms with Gasteiger partial charge in [0.25, 0.3) is 11.8 Å². The Morgan fingerprint density at radius 2 is 0.963 bits per heavy atom. The van der Waals surface area contributed by atoms with Gasteiger partial charge < -0.3 is 0 Å². The van der Waals surface area contributed by atoms with Gasteiger partial charge in [0.1, 0.15) is 4.88 Å². The Hall–Kier alpha value is -4.22. The second-order valence-corrected chi connectivity index (χ2v) is 30.5. The Kier molecular flexibility index (Phi) is 19.5. The van der Waals surface area contributed by atoms with Gasteiger partial charge in [-0.15, -0.1) is 68.0 Å². The van der Waals surface area contributed by atoms with Crippen LogP contribution in [0.1, 0.15) is 223 Å². The second kappa shape index (κ2) is 26.4. The predicted octanol–water partition coefficient (Wildman–Crippen LogP) is 24.1. The van der Waals surface area contributed by atoms with Gasteiger partial charge in [0.15, 0.2) is 0 Å². The van der Waals surface area contributed by atoms with Crippen LogP contribution in [0.25, 0.3) is 60.9 Å². The molecule has 9 heteroatoms. The van der Waals surface area contributed by atoms with E-state index in [-0.39, 0.29) is 22.6 Å². The molecule has 3 aromatic carbocycles. The van der Waals surface area contributed by atoms with E-state index in [0.29, 0.717) is 34.7 Å². The third kappa shape index (κ3) is 11.7. The van der Waals surface area contributed by atoms with Crippen LogP contribution in [0.2, 0.25) is 0 Å². The van der Waals surface area contributed by atoms with Crippen molar-refractivity contribution in [3.05, 3.63) is 138 Å². The topological polar surface area (TPSA) is 37.4 Å². The van der Waals surface area contributed by atoms with Crippen molar-refractivity contribution in [2.75, 3.05) is 6.54 Å². The molecule has 81 heavy (non-hydrogen) atoms. The highest BCUT2D eigenvalue weighted by atomic mass is 32.1. The molecule has 0 spiro atoms. The molecule has 428 valence electrons. The summed E-state index contributed by atoms with van der Waals surface area (Å²) < 4.78 is 3.83. The molecule has 4 unspecified atom stereocenters. The molecule has 0 N–H and O–H groups in total. The Balaban J connectivity index is 1.26. The summed E-state index contributed by atoms with van der Waals surface area (Å²) in [4.78, 5) is 43.1. The molecule has 0 saturated carbocycles. The lowest BCUT2D eigenvalue weighted by Gasteiger charge is -2.30. The van der Waals surface area contributed by atoms with E-state index in [0.717, 1.165) is 74.3 Å². The van der Waals surface area contributed by atoms with E-state index in [1.54, 1.807) is 16.2 Å². The number of benzene rings is 3. The molecule has 3 nitrogen and oxygen atoms in total. The second-order valence-electron chi connectivity index (χ2n) is 24.0. The van der Waals surface area contributed by atoms with Crippen molar-refractivity contribution in [1.82, 2.24) is 4.90 Å². The highest BCUT2D eigenvalue weighted by Crippen LogP contribution is 2.59. The van der Waals surface area contributed by atoms with Gasteiger partial charge in [0, 0.05) is 88.2 Å². The van der Waals surface area contributed by atoms with Crippen molar-refractivity contribution < 1.29 is 9.59 Å². The zero-order chi connectivity index (χ0) is 57.0. The first-order valence-electron chi connectivity index (χ1n) is 31.2. The molecule has 9 aromatic rings. The Morgan fingerprint density at radius 1 is 0.457 bits per heavy atom. The number of unbranched alkanes of at least 4 members (excludes halogenated alkanes) is 3. The minimum absolute atomic E-state index is 0.0988. The molecule has 10 rings (SSSR count). The summed E-state index contributed by atoms with van der Waals surface area (Å²) in [5.41, 5.74) is 5.48. The summed E-state index contributed by atoms with van der Waals surface area (Å²) >= 11 is 11.5. The smallest absolute Gasteiger partial charge is 0.271 e. The molecular formula is C72H87NO2S6. The lowest BCUT2D eigenvalue weighted by atomic mass is 9.76. The highest BCUT2D eigenvalue weighted by Gasteiger charge is 2.45. The number of carbonyl (C=O) groups is 2.